The maximum Gasteiger partial charge on any atom is 0.119 e. The highest BCUT2D eigenvalue weighted by Crippen LogP contribution is 2.26. The fourth-order valence-corrected chi connectivity index (χ4v) is 3.01. The van der Waals surface area contributed by atoms with Gasteiger partial charge in [-0.2, -0.15) is 0 Å². The van der Waals surface area contributed by atoms with E-state index in [0.717, 1.165) is 27.3 Å². The maximum atomic E-state index is 5.78. The molecule has 1 aromatic carbocycles. The van der Waals surface area contributed by atoms with Crippen LogP contribution in [0.4, 0.5) is 0 Å². The second-order valence-electron chi connectivity index (χ2n) is 4.34. The highest BCUT2D eigenvalue weighted by atomic mass is 79.9. The molecule has 0 radical (unpaired) electrons. The van der Waals surface area contributed by atoms with Crippen LogP contribution in [0.3, 0.4) is 0 Å². The highest BCUT2D eigenvalue weighted by molar-refractivity contribution is 9.10. The Morgan fingerprint density at radius 1 is 1.32 bits per heavy atom. The molecule has 0 atom stereocenters. The van der Waals surface area contributed by atoms with Crippen molar-refractivity contribution in [3.05, 3.63) is 43.8 Å². The van der Waals surface area contributed by atoms with E-state index in [9.17, 15) is 0 Å². The summed E-state index contributed by atoms with van der Waals surface area (Å²) in [6, 6.07) is 4.09. The van der Waals surface area contributed by atoms with Crippen molar-refractivity contribution in [2.75, 3.05) is 6.61 Å². The standard InChI is InChI=1S/C14H15BrClNOS/c1-9-5-12(6-10(2)14(9)15)18-4-3-13-17-11(7-16)8-19-13/h5-6,8H,3-4,7H2,1-2H3. The third-order valence-electron chi connectivity index (χ3n) is 2.73. The van der Waals surface area contributed by atoms with Crippen LogP contribution in [-0.4, -0.2) is 11.6 Å². The van der Waals surface area contributed by atoms with Gasteiger partial charge in [-0.25, -0.2) is 4.98 Å². The van der Waals surface area contributed by atoms with Crippen LogP contribution >= 0.6 is 38.9 Å². The number of alkyl halides is 1. The first-order chi connectivity index (χ1) is 9.10. The van der Waals surface area contributed by atoms with Gasteiger partial charge in [0.15, 0.2) is 0 Å². The molecule has 0 spiro atoms. The van der Waals surface area contributed by atoms with E-state index in [-0.39, 0.29) is 0 Å². The molecule has 0 unspecified atom stereocenters. The molecule has 5 heteroatoms. The fraction of sp³-hybridized carbons (Fsp3) is 0.357. The van der Waals surface area contributed by atoms with E-state index < -0.39 is 0 Å². The van der Waals surface area contributed by atoms with Crippen molar-refractivity contribution in [1.29, 1.82) is 0 Å². The molecule has 0 N–H and O–H groups in total. The molecule has 0 fully saturated rings. The molecule has 1 aromatic heterocycles. The highest BCUT2D eigenvalue weighted by Gasteiger charge is 2.05. The number of nitrogens with zero attached hydrogens (tertiary/aromatic N) is 1. The predicted molar refractivity (Wildman–Crippen MR) is 84.5 cm³/mol. The summed E-state index contributed by atoms with van der Waals surface area (Å²) in [5.74, 6) is 1.38. The van der Waals surface area contributed by atoms with Gasteiger partial charge in [-0.15, -0.1) is 22.9 Å². The first-order valence-corrected chi connectivity index (χ1v) is 8.19. The van der Waals surface area contributed by atoms with Crippen LogP contribution in [0.5, 0.6) is 5.75 Å². The molecule has 0 aliphatic rings. The molecule has 0 saturated carbocycles. The Balaban J connectivity index is 1.92. The summed E-state index contributed by atoms with van der Waals surface area (Å²) >= 11 is 10.9. The SMILES string of the molecule is Cc1cc(OCCc2nc(CCl)cs2)cc(C)c1Br. The van der Waals surface area contributed by atoms with Gasteiger partial charge >= 0.3 is 0 Å². The van der Waals surface area contributed by atoms with E-state index in [0.29, 0.717) is 12.5 Å². The van der Waals surface area contributed by atoms with E-state index in [1.54, 1.807) is 11.3 Å². The van der Waals surface area contributed by atoms with Crippen LogP contribution in [0.1, 0.15) is 21.8 Å². The van der Waals surface area contributed by atoms with Crippen LogP contribution in [0.15, 0.2) is 22.0 Å². The minimum atomic E-state index is 0.475. The quantitative estimate of drug-likeness (QED) is 0.709. The number of hydrogen-bond donors (Lipinski definition) is 0. The van der Waals surface area contributed by atoms with E-state index in [1.807, 2.05) is 17.5 Å². The molecule has 2 nitrogen and oxygen atoms in total. The summed E-state index contributed by atoms with van der Waals surface area (Å²) in [4.78, 5) is 4.41. The van der Waals surface area contributed by atoms with Crippen LogP contribution < -0.4 is 4.74 Å². The average molecular weight is 361 g/mol. The zero-order valence-corrected chi connectivity index (χ0v) is 14.0. The number of halogens is 2. The summed E-state index contributed by atoms with van der Waals surface area (Å²) in [6.45, 7) is 4.77. The first kappa shape index (κ1) is 14.8. The third kappa shape index (κ3) is 3.94. The van der Waals surface area contributed by atoms with E-state index in [4.69, 9.17) is 16.3 Å². The van der Waals surface area contributed by atoms with E-state index >= 15 is 0 Å². The van der Waals surface area contributed by atoms with Gasteiger partial charge in [0, 0.05) is 16.3 Å². The lowest BCUT2D eigenvalue weighted by Crippen LogP contribution is -2.02. The van der Waals surface area contributed by atoms with Crippen molar-refractivity contribution >= 4 is 38.9 Å². The number of aryl methyl sites for hydroxylation is 2. The van der Waals surface area contributed by atoms with Crippen LogP contribution in [-0.2, 0) is 12.3 Å². The summed E-state index contributed by atoms with van der Waals surface area (Å²) in [7, 11) is 0. The smallest absolute Gasteiger partial charge is 0.119 e. The Hall–Kier alpha value is -0.580. The monoisotopic (exact) mass is 359 g/mol. The summed E-state index contributed by atoms with van der Waals surface area (Å²) in [5, 5.41) is 3.07. The number of thiazole rings is 1. The van der Waals surface area contributed by atoms with Gasteiger partial charge in [0.2, 0.25) is 0 Å². The molecule has 0 saturated heterocycles. The predicted octanol–water partition coefficient (Wildman–Crippen LogP) is 4.88. The van der Waals surface area contributed by atoms with Gasteiger partial charge in [-0.1, -0.05) is 15.9 Å². The minimum Gasteiger partial charge on any atom is -0.493 e. The topological polar surface area (TPSA) is 22.1 Å². The average Bonchev–Trinajstić information content (AvgIpc) is 2.84. The molecular formula is C14H15BrClNOS. The van der Waals surface area contributed by atoms with Crippen molar-refractivity contribution in [2.24, 2.45) is 0 Å². The number of benzene rings is 1. The molecule has 0 aliphatic carbocycles. The van der Waals surface area contributed by atoms with E-state index in [2.05, 4.69) is 34.8 Å². The summed E-state index contributed by atoms with van der Waals surface area (Å²) in [6.07, 6.45) is 0.815. The molecule has 2 rings (SSSR count). The van der Waals surface area contributed by atoms with Crippen molar-refractivity contribution in [3.8, 4) is 5.75 Å². The second-order valence-corrected chi connectivity index (χ2v) is 6.34. The van der Waals surface area contributed by atoms with E-state index in [1.165, 1.54) is 11.1 Å². The summed E-state index contributed by atoms with van der Waals surface area (Å²) < 4.78 is 6.93. The Morgan fingerprint density at radius 2 is 2.00 bits per heavy atom. The fourth-order valence-electron chi connectivity index (χ4n) is 1.77. The number of hydrogen-bond acceptors (Lipinski definition) is 3. The van der Waals surface area contributed by atoms with Gasteiger partial charge in [0.1, 0.15) is 5.75 Å². The van der Waals surface area contributed by atoms with Gasteiger partial charge < -0.3 is 4.74 Å². The normalized spacial score (nSPS) is 10.7. The molecule has 2 aromatic rings. The summed E-state index contributed by atoms with van der Waals surface area (Å²) in [5.41, 5.74) is 3.32. The zero-order valence-electron chi connectivity index (χ0n) is 10.9. The second kappa shape index (κ2) is 6.73. The molecule has 19 heavy (non-hydrogen) atoms. The van der Waals surface area contributed by atoms with Gasteiger partial charge in [0.25, 0.3) is 0 Å². The Morgan fingerprint density at radius 3 is 2.58 bits per heavy atom. The van der Waals surface area contributed by atoms with Gasteiger partial charge in [0.05, 0.1) is 23.2 Å². The Labute approximate surface area is 130 Å². The largest absolute Gasteiger partial charge is 0.493 e. The van der Waals surface area contributed by atoms with Crippen molar-refractivity contribution in [2.45, 2.75) is 26.1 Å². The minimum absolute atomic E-state index is 0.475. The lowest BCUT2D eigenvalue weighted by molar-refractivity contribution is 0.321. The van der Waals surface area contributed by atoms with Crippen LogP contribution in [0.25, 0.3) is 0 Å². The lowest BCUT2D eigenvalue weighted by atomic mass is 10.1. The van der Waals surface area contributed by atoms with Crippen LogP contribution in [0.2, 0.25) is 0 Å². The number of rotatable bonds is 5. The van der Waals surface area contributed by atoms with Crippen LogP contribution in [0, 0.1) is 13.8 Å². The molecule has 0 bridgehead atoms. The number of aromatic nitrogens is 1. The molecule has 102 valence electrons. The van der Waals surface area contributed by atoms with Gasteiger partial charge in [-0.3, -0.25) is 0 Å². The zero-order chi connectivity index (χ0) is 13.8. The molecule has 0 aliphatic heterocycles. The lowest BCUT2D eigenvalue weighted by Gasteiger charge is -2.09. The molecule has 0 amide bonds. The Bertz CT molecular complexity index is 547. The third-order valence-corrected chi connectivity index (χ3v) is 5.21. The number of ether oxygens (including phenoxy) is 1. The van der Waals surface area contributed by atoms with Crippen molar-refractivity contribution < 1.29 is 4.74 Å². The first-order valence-electron chi connectivity index (χ1n) is 5.99. The molecular weight excluding hydrogens is 346 g/mol. The molecule has 1 heterocycles. The van der Waals surface area contributed by atoms with Gasteiger partial charge in [-0.05, 0) is 37.1 Å². The van der Waals surface area contributed by atoms with Crippen molar-refractivity contribution in [3.63, 3.8) is 0 Å². The van der Waals surface area contributed by atoms with Crippen molar-refractivity contribution in [1.82, 2.24) is 4.98 Å². The maximum absolute atomic E-state index is 5.78. The Kier molecular flexibility index (Phi) is 5.25.